The lowest BCUT2D eigenvalue weighted by Gasteiger charge is -2.09. The van der Waals surface area contributed by atoms with Gasteiger partial charge in [-0.05, 0) is 24.5 Å². The first kappa shape index (κ1) is 11.0. The number of methoxy groups -OCH3 is 1. The SMILES string of the molecule is CCC(/C=C(\C)c1ccccc1)OC. The average molecular weight is 190 g/mol. The van der Waals surface area contributed by atoms with E-state index in [1.54, 1.807) is 7.11 Å². The summed E-state index contributed by atoms with van der Waals surface area (Å²) in [6, 6.07) is 10.4. The van der Waals surface area contributed by atoms with Gasteiger partial charge in [0.15, 0.2) is 0 Å². The molecule has 0 saturated heterocycles. The molecule has 1 rings (SSSR count). The minimum absolute atomic E-state index is 0.232. The zero-order valence-electron chi connectivity index (χ0n) is 9.16. The highest BCUT2D eigenvalue weighted by molar-refractivity contribution is 5.63. The van der Waals surface area contributed by atoms with Crippen LogP contribution in [0.3, 0.4) is 0 Å². The van der Waals surface area contributed by atoms with Gasteiger partial charge in [-0.25, -0.2) is 0 Å². The van der Waals surface area contributed by atoms with Crippen molar-refractivity contribution >= 4 is 5.57 Å². The Morgan fingerprint density at radius 3 is 2.50 bits per heavy atom. The van der Waals surface area contributed by atoms with Crippen molar-refractivity contribution in [2.24, 2.45) is 0 Å². The Hall–Kier alpha value is -1.08. The van der Waals surface area contributed by atoms with Crippen molar-refractivity contribution in [3.05, 3.63) is 42.0 Å². The van der Waals surface area contributed by atoms with E-state index in [1.165, 1.54) is 11.1 Å². The molecule has 0 aliphatic carbocycles. The van der Waals surface area contributed by atoms with Crippen molar-refractivity contribution in [2.45, 2.75) is 26.4 Å². The molecule has 0 spiro atoms. The molecule has 1 unspecified atom stereocenters. The first-order valence-electron chi connectivity index (χ1n) is 5.04. The molecule has 0 heterocycles. The number of rotatable bonds is 4. The van der Waals surface area contributed by atoms with Gasteiger partial charge >= 0.3 is 0 Å². The molecule has 0 N–H and O–H groups in total. The molecule has 1 aromatic rings. The third-order valence-electron chi connectivity index (χ3n) is 2.37. The molecule has 0 radical (unpaired) electrons. The molecule has 0 bridgehead atoms. The van der Waals surface area contributed by atoms with Gasteiger partial charge in [0.1, 0.15) is 0 Å². The predicted molar refractivity (Wildman–Crippen MR) is 61.2 cm³/mol. The Morgan fingerprint density at radius 1 is 1.36 bits per heavy atom. The second-order valence-corrected chi connectivity index (χ2v) is 3.40. The van der Waals surface area contributed by atoms with E-state index in [0.29, 0.717) is 0 Å². The van der Waals surface area contributed by atoms with Gasteiger partial charge in [0.2, 0.25) is 0 Å². The van der Waals surface area contributed by atoms with E-state index in [9.17, 15) is 0 Å². The predicted octanol–water partition coefficient (Wildman–Crippen LogP) is 3.51. The maximum absolute atomic E-state index is 5.32. The summed E-state index contributed by atoms with van der Waals surface area (Å²) in [5.74, 6) is 0. The molecule has 1 aromatic carbocycles. The Kier molecular flexibility index (Phi) is 4.41. The van der Waals surface area contributed by atoms with Crippen molar-refractivity contribution in [1.29, 1.82) is 0 Å². The van der Waals surface area contributed by atoms with E-state index in [0.717, 1.165) is 6.42 Å². The fourth-order valence-corrected chi connectivity index (χ4v) is 1.43. The van der Waals surface area contributed by atoms with Gasteiger partial charge in [-0.3, -0.25) is 0 Å². The zero-order chi connectivity index (χ0) is 10.4. The lowest BCUT2D eigenvalue weighted by Crippen LogP contribution is -2.04. The molecule has 0 amide bonds. The maximum atomic E-state index is 5.32. The van der Waals surface area contributed by atoms with Crippen LogP contribution in [-0.4, -0.2) is 13.2 Å². The molecule has 0 aromatic heterocycles. The van der Waals surface area contributed by atoms with Crippen molar-refractivity contribution in [3.63, 3.8) is 0 Å². The van der Waals surface area contributed by atoms with Crippen LogP contribution in [0.15, 0.2) is 36.4 Å². The van der Waals surface area contributed by atoms with Crippen molar-refractivity contribution in [2.75, 3.05) is 7.11 Å². The quantitative estimate of drug-likeness (QED) is 0.706. The van der Waals surface area contributed by atoms with E-state index in [4.69, 9.17) is 4.74 Å². The number of allylic oxidation sites excluding steroid dienone is 1. The zero-order valence-corrected chi connectivity index (χ0v) is 9.16. The smallest absolute Gasteiger partial charge is 0.0755 e. The third-order valence-corrected chi connectivity index (χ3v) is 2.37. The van der Waals surface area contributed by atoms with Gasteiger partial charge < -0.3 is 4.74 Å². The summed E-state index contributed by atoms with van der Waals surface area (Å²) in [5, 5.41) is 0. The van der Waals surface area contributed by atoms with Crippen LogP contribution < -0.4 is 0 Å². The van der Waals surface area contributed by atoms with Gasteiger partial charge in [0.05, 0.1) is 6.10 Å². The molecule has 0 saturated carbocycles. The lowest BCUT2D eigenvalue weighted by atomic mass is 10.1. The maximum Gasteiger partial charge on any atom is 0.0755 e. The van der Waals surface area contributed by atoms with Crippen molar-refractivity contribution in [1.82, 2.24) is 0 Å². The monoisotopic (exact) mass is 190 g/mol. The molecular formula is C13H18O. The molecule has 0 aliphatic rings. The highest BCUT2D eigenvalue weighted by Gasteiger charge is 2.01. The summed E-state index contributed by atoms with van der Waals surface area (Å²) in [4.78, 5) is 0. The van der Waals surface area contributed by atoms with Crippen LogP contribution >= 0.6 is 0 Å². The fourth-order valence-electron chi connectivity index (χ4n) is 1.43. The number of hydrogen-bond acceptors (Lipinski definition) is 1. The van der Waals surface area contributed by atoms with E-state index in [1.807, 2.05) is 6.07 Å². The molecule has 1 nitrogen and oxygen atoms in total. The Bertz CT molecular complexity index is 283. The van der Waals surface area contributed by atoms with Crippen LogP contribution in [0.4, 0.5) is 0 Å². The van der Waals surface area contributed by atoms with E-state index >= 15 is 0 Å². The molecule has 76 valence electrons. The normalized spacial score (nSPS) is 14.1. The molecule has 0 fully saturated rings. The minimum Gasteiger partial charge on any atom is -0.377 e. The number of hydrogen-bond donors (Lipinski definition) is 0. The van der Waals surface area contributed by atoms with E-state index in [2.05, 4.69) is 44.2 Å². The largest absolute Gasteiger partial charge is 0.377 e. The van der Waals surface area contributed by atoms with Crippen LogP contribution in [0.2, 0.25) is 0 Å². The fraction of sp³-hybridized carbons (Fsp3) is 0.385. The van der Waals surface area contributed by atoms with Gasteiger partial charge in [-0.2, -0.15) is 0 Å². The van der Waals surface area contributed by atoms with Gasteiger partial charge in [0, 0.05) is 7.11 Å². The Labute approximate surface area is 86.4 Å². The van der Waals surface area contributed by atoms with Crippen LogP contribution in [0.25, 0.3) is 5.57 Å². The highest BCUT2D eigenvalue weighted by Crippen LogP contribution is 2.15. The van der Waals surface area contributed by atoms with Crippen LogP contribution in [-0.2, 0) is 4.74 Å². The first-order valence-corrected chi connectivity index (χ1v) is 5.04. The minimum atomic E-state index is 0.232. The van der Waals surface area contributed by atoms with E-state index in [-0.39, 0.29) is 6.10 Å². The van der Waals surface area contributed by atoms with E-state index < -0.39 is 0 Å². The summed E-state index contributed by atoms with van der Waals surface area (Å²) in [6.07, 6.45) is 3.42. The molecule has 1 heteroatoms. The first-order chi connectivity index (χ1) is 6.77. The summed E-state index contributed by atoms with van der Waals surface area (Å²) in [7, 11) is 1.75. The van der Waals surface area contributed by atoms with Crippen LogP contribution in [0.5, 0.6) is 0 Å². The molecule has 14 heavy (non-hydrogen) atoms. The lowest BCUT2D eigenvalue weighted by molar-refractivity contribution is 0.138. The summed E-state index contributed by atoms with van der Waals surface area (Å²) < 4.78 is 5.32. The molecular weight excluding hydrogens is 172 g/mol. The number of ether oxygens (including phenoxy) is 1. The van der Waals surface area contributed by atoms with Crippen LogP contribution in [0, 0.1) is 0 Å². The summed E-state index contributed by atoms with van der Waals surface area (Å²) in [6.45, 7) is 4.25. The van der Waals surface area contributed by atoms with Crippen molar-refractivity contribution < 1.29 is 4.74 Å². The van der Waals surface area contributed by atoms with Gasteiger partial charge in [0.25, 0.3) is 0 Å². The Balaban J connectivity index is 2.78. The third kappa shape index (κ3) is 3.00. The standard InChI is InChI=1S/C13H18O/c1-4-13(14-3)10-11(2)12-8-6-5-7-9-12/h5-10,13H,4H2,1-3H3/b11-10+. The van der Waals surface area contributed by atoms with Crippen LogP contribution in [0.1, 0.15) is 25.8 Å². The van der Waals surface area contributed by atoms with Gasteiger partial charge in [-0.1, -0.05) is 43.3 Å². The second kappa shape index (κ2) is 5.61. The van der Waals surface area contributed by atoms with Gasteiger partial charge in [-0.15, -0.1) is 0 Å². The molecule has 0 aliphatic heterocycles. The molecule has 1 atom stereocenters. The summed E-state index contributed by atoms with van der Waals surface area (Å²) in [5.41, 5.74) is 2.54. The second-order valence-electron chi connectivity index (χ2n) is 3.40. The Morgan fingerprint density at radius 2 is 2.00 bits per heavy atom. The topological polar surface area (TPSA) is 9.23 Å². The number of benzene rings is 1. The highest BCUT2D eigenvalue weighted by atomic mass is 16.5. The summed E-state index contributed by atoms with van der Waals surface area (Å²) >= 11 is 0. The average Bonchev–Trinajstić information content (AvgIpc) is 2.26. The van der Waals surface area contributed by atoms with Crippen molar-refractivity contribution in [3.8, 4) is 0 Å².